The maximum atomic E-state index is 11.0. The van der Waals surface area contributed by atoms with Crippen LogP contribution in [-0.4, -0.2) is 37.2 Å². The number of ether oxygens (including phenoxy) is 1. The number of rotatable bonds is 8. The molecule has 0 aliphatic rings. The molecular formula is C13H28N2O2. The summed E-state index contributed by atoms with van der Waals surface area (Å²) in [5, 5.41) is 6.04. The Kier molecular flexibility index (Phi) is 6.72. The van der Waals surface area contributed by atoms with E-state index in [4.69, 9.17) is 4.74 Å². The first-order valence-electron chi connectivity index (χ1n) is 6.26. The van der Waals surface area contributed by atoms with Gasteiger partial charge < -0.3 is 15.4 Å². The van der Waals surface area contributed by atoms with Crippen molar-refractivity contribution in [1.82, 2.24) is 10.6 Å². The predicted octanol–water partition coefficient (Wildman–Crippen LogP) is 1.70. The minimum atomic E-state index is -0.203. The average molecular weight is 244 g/mol. The second-order valence-electron chi connectivity index (χ2n) is 5.78. The van der Waals surface area contributed by atoms with Gasteiger partial charge >= 0.3 is 0 Å². The van der Waals surface area contributed by atoms with Crippen LogP contribution in [0.25, 0.3) is 0 Å². The minimum Gasteiger partial charge on any atom is -0.375 e. The molecule has 0 fully saturated rings. The Morgan fingerprint density at radius 3 is 2.24 bits per heavy atom. The number of amides is 1. The van der Waals surface area contributed by atoms with Gasteiger partial charge in [0.15, 0.2) is 0 Å². The Bertz CT molecular complexity index is 238. The Morgan fingerprint density at radius 1 is 1.18 bits per heavy atom. The van der Waals surface area contributed by atoms with Crippen molar-refractivity contribution in [2.24, 2.45) is 0 Å². The monoisotopic (exact) mass is 244 g/mol. The molecule has 1 amide bonds. The first kappa shape index (κ1) is 16.4. The molecule has 2 N–H and O–H groups in total. The minimum absolute atomic E-state index is 0.00411. The Morgan fingerprint density at radius 2 is 1.76 bits per heavy atom. The SMILES string of the molecule is CNCCC(C)(C)OCCC(C)(C)NC(C)=O. The predicted molar refractivity (Wildman–Crippen MR) is 71.1 cm³/mol. The number of carbonyl (C=O) groups excluding carboxylic acids is 1. The van der Waals surface area contributed by atoms with Crippen LogP contribution in [0, 0.1) is 0 Å². The second-order valence-corrected chi connectivity index (χ2v) is 5.78. The zero-order valence-corrected chi connectivity index (χ0v) is 12.1. The van der Waals surface area contributed by atoms with Gasteiger partial charge in [0.05, 0.1) is 5.60 Å². The van der Waals surface area contributed by atoms with E-state index in [0.717, 1.165) is 19.4 Å². The van der Waals surface area contributed by atoms with Crippen molar-refractivity contribution in [3.8, 4) is 0 Å². The number of hydrogen-bond acceptors (Lipinski definition) is 3. The van der Waals surface area contributed by atoms with Crippen LogP contribution in [0.5, 0.6) is 0 Å². The van der Waals surface area contributed by atoms with Gasteiger partial charge in [0.25, 0.3) is 0 Å². The fourth-order valence-electron chi connectivity index (χ4n) is 1.62. The van der Waals surface area contributed by atoms with Crippen LogP contribution in [0.3, 0.4) is 0 Å². The van der Waals surface area contributed by atoms with E-state index >= 15 is 0 Å². The molecule has 0 aromatic rings. The summed E-state index contributed by atoms with van der Waals surface area (Å²) in [6, 6.07) is 0. The van der Waals surface area contributed by atoms with E-state index in [1.54, 1.807) is 6.92 Å². The normalized spacial score (nSPS) is 12.6. The van der Waals surface area contributed by atoms with Crippen LogP contribution in [-0.2, 0) is 9.53 Å². The molecule has 0 spiro atoms. The molecule has 17 heavy (non-hydrogen) atoms. The molecule has 102 valence electrons. The lowest BCUT2D eigenvalue weighted by Crippen LogP contribution is -2.43. The molecule has 0 bridgehead atoms. The molecule has 0 heterocycles. The molecule has 0 atom stereocenters. The zero-order valence-electron chi connectivity index (χ0n) is 12.1. The summed E-state index contributed by atoms with van der Waals surface area (Å²) < 4.78 is 5.86. The molecule has 4 nitrogen and oxygen atoms in total. The molecule has 0 unspecified atom stereocenters. The van der Waals surface area contributed by atoms with Gasteiger partial charge in [-0.15, -0.1) is 0 Å². The molecule has 0 aliphatic heterocycles. The van der Waals surface area contributed by atoms with Gasteiger partial charge in [-0.1, -0.05) is 0 Å². The van der Waals surface area contributed by atoms with Gasteiger partial charge in [-0.05, 0) is 54.1 Å². The van der Waals surface area contributed by atoms with Crippen LogP contribution in [0.2, 0.25) is 0 Å². The third kappa shape index (κ3) is 9.12. The van der Waals surface area contributed by atoms with Crippen LogP contribution >= 0.6 is 0 Å². The van der Waals surface area contributed by atoms with E-state index in [1.807, 2.05) is 20.9 Å². The molecule has 0 aromatic carbocycles. The lowest BCUT2D eigenvalue weighted by Gasteiger charge is -2.30. The highest BCUT2D eigenvalue weighted by molar-refractivity contribution is 5.73. The van der Waals surface area contributed by atoms with Gasteiger partial charge in [-0.2, -0.15) is 0 Å². The summed E-state index contributed by atoms with van der Waals surface area (Å²) in [7, 11) is 1.94. The van der Waals surface area contributed by atoms with E-state index in [9.17, 15) is 4.79 Å². The third-order valence-electron chi connectivity index (χ3n) is 2.71. The quantitative estimate of drug-likeness (QED) is 0.683. The van der Waals surface area contributed by atoms with Crippen molar-refractivity contribution in [1.29, 1.82) is 0 Å². The van der Waals surface area contributed by atoms with Crippen molar-refractivity contribution in [3.63, 3.8) is 0 Å². The molecule has 0 aromatic heterocycles. The fraction of sp³-hybridized carbons (Fsp3) is 0.923. The molecule has 0 radical (unpaired) electrons. The smallest absolute Gasteiger partial charge is 0.217 e. The van der Waals surface area contributed by atoms with E-state index < -0.39 is 0 Å². The fourth-order valence-corrected chi connectivity index (χ4v) is 1.62. The van der Waals surface area contributed by atoms with Crippen LogP contribution in [0.1, 0.15) is 47.5 Å². The highest BCUT2D eigenvalue weighted by Crippen LogP contribution is 2.16. The molecular weight excluding hydrogens is 216 g/mol. The standard InChI is InChI=1S/C13H28N2O2/c1-11(16)15-12(2,3)8-10-17-13(4,5)7-9-14-6/h14H,7-10H2,1-6H3,(H,15,16). The zero-order chi connectivity index (χ0) is 13.5. The van der Waals surface area contributed by atoms with Gasteiger partial charge in [-0.25, -0.2) is 0 Å². The van der Waals surface area contributed by atoms with Crippen molar-refractivity contribution >= 4 is 5.91 Å². The first-order valence-corrected chi connectivity index (χ1v) is 6.26. The number of hydrogen-bond donors (Lipinski definition) is 2. The Balaban J connectivity index is 3.92. The number of carbonyl (C=O) groups is 1. The molecule has 0 saturated carbocycles. The molecule has 4 heteroatoms. The Labute approximate surface area is 105 Å². The van der Waals surface area contributed by atoms with Crippen LogP contribution in [0.4, 0.5) is 0 Å². The summed E-state index contributed by atoms with van der Waals surface area (Å²) >= 11 is 0. The van der Waals surface area contributed by atoms with Crippen molar-refractivity contribution < 1.29 is 9.53 Å². The highest BCUT2D eigenvalue weighted by Gasteiger charge is 2.22. The maximum Gasteiger partial charge on any atom is 0.217 e. The van der Waals surface area contributed by atoms with Gasteiger partial charge in [0.2, 0.25) is 5.91 Å². The molecule has 0 aliphatic carbocycles. The summed E-state index contributed by atoms with van der Waals surface area (Å²) in [5.41, 5.74) is -0.319. The van der Waals surface area contributed by atoms with Gasteiger partial charge in [0, 0.05) is 19.1 Å². The van der Waals surface area contributed by atoms with Crippen LogP contribution in [0.15, 0.2) is 0 Å². The van der Waals surface area contributed by atoms with Crippen molar-refractivity contribution in [2.45, 2.75) is 58.6 Å². The topological polar surface area (TPSA) is 50.4 Å². The maximum absolute atomic E-state index is 11.0. The lowest BCUT2D eigenvalue weighted by atomic mass is 10.0. The summed E-state index contributed by atoms with van der Waals surface area (Å²) in [6.07, 6.45) is 1.79. The summed E-state index contributed by atoms with van der Waals surface area (Å²) in [5.74, 6) is 0.00411. The van der Waals surface area contributed by atoms with Gasteiger partial charge in [0.1, 0.15) is 0 Å². The second kappa shape index (κ2) is 6.97. The van der Waals surface area contributed by atoms with E-state index in [2.05, 4.69) is 24.5 Å². The third-order valence-corrected chi connectivity index (χ3v) is 2.71. The summed E-state index contributed by atoms with van der Waals surface area (Å²) in [4.78, 5) is 11.0. The summed E-state index contributed by atoms with van der Waals surface area (Å²) in [6.45, 7) is 11.4. The van der Waals surface area contributed by atoms with Crippen molar-refractivity contribution in [2.75, 3.05) is 20.2 Å². The van der Waals surface area contributed by atoms with Gasteiger partial charge in [-0.3, -0.25) is 4.79 Å². The highest BCUT2D eigenvalue weighted by atomic mass is 16.5. The van der Waals surface area contributed by atoms with Crippen molar-refractivity contribution in [3.05, 3.63) is 0 Å². The number of nitrogens with one attached hydrogen (secondary N) is 2. The van der Waals surface area contributed by atoms with E-state index in [1.165, 1.54) is 0 Å². The lowest BCUT2D eigenvalue weighted by molar-refractivity contribution is -0.120. The van der Waals surface area contributed by atoms with Crippen LogP contribution < -0.4 is 10.6 Å². The largest absolute Gasteiger partial charge is 0.375 e. The Hall–Kier alpha value is -0.610. The van der Waals surface area contributed by atoms with E-state index in [0.29, 0.717) is 6.61 Å². The van der Waals surface area contributed by atoms with E-state index in [-0.39, 0.29) is 17.0 Å². The molecule has 0 rings (SSSR count). The first-order chi connectivity index (χ1) is 7.68. The average Bonchev–Trinajstić information content (AvgIpc) is 2.11. The molecule has 0 saturated heterocycles.